The van der Waals surface area contributed by atoms with Crippen LogP contribution in [0.1, 0.15) is 5.56 Å². The molecule has 0 aromatic heterocycles. The number of rotatable bonds is 6. The van der Waals surface area contributed by atoms with Crippen LogP contribution >= 0.6 is 0 Å². The van der Waals surface area contributed by atoms with Crippen molar-refractivity contribution in [1.82, 2.24) is 5.32 Å². The van der Waals surface area contributed by atoms with Crippen molar-refractivity contribution < 1.29 is 19.2 Å². The van der Waals surface area contributed by atoms with Gasteiger partial charge in [-0.25, -0.2) is 0 Å². The minimum absolute atomic E-state index is 0.307. The van der Waals surface area contributed by atoms with E-state index in [4.69, 9.17) is 11.5 Å². The summed E-state index contributed by atoms with van der Waals surface area (Å²) in [5, 5.41) is 4.21. The van der Waals surface area contributed by atoms with E-state index in [2.05, 4.69) is 5.32 Å². The molecule has 1 unspecified atom stereocenters. The Hall–Kier alpha value is -3.78. The van der Waals surface area contributed by atoms with Gasteiger partial charge in [0.2, 0.25) is 0 Å². The fraction of sp³-hybridized carbons (Fsp3) is 0.0526. The van der Waals surface area contributed by atoms with Crippen molar-refractivity contribution in [3.8, 4) is 0 Å². The molecule has 2 aromatic rings. The quantitative estimate of drug-likeness (QED) is 0.425. The Bertz CT molecular complexity index is 881. The number of amides is 4. The first kappa shape index (κ1) is 19.5. The molecule has 2 aromatic carbocycles. The number of hydrogen-bond acceptors (Lipinski definition) is 5. The number of primary amides is 1. The summed E-state index contributed by atoms with van der Waals surface area (Å²) in [6.07, 6.45) is 2.53. The zero-order valence-corrected chi connectivity index (χ0v) is 14.2. The van der Waals surface area contributed by atoms with E-state index in [-0.39, 0.29) is 0 Å². The van der Waals surface area contributed by atoms with E-state index in [1.807, 2.05) is 11.4 Å². The van der Waals surface area contributed by atoms with Gasteiger partial charge in [-0.05, 0) is 23.8 Å². The lowest BCUT2D eigenvalue weighted by Crippen LogP contribution is -2.69. The highest BCUT2D eigenvalue weighted by Gasteiger charge is 2.48. The van der Waals surface area contributed by atoms with Crippen molar-refractivity contribution in [3.05, 3.63) is 72.3 Å². The average molecular weight is 366 g/mol. The van der Waals surface area contributed by atoms with Crippen LogP contribution < -0.4 is 22.1 Å². The molecular weight excluding hydrogens is 348 g/mol. The minimum Gasteiger partial charge on any atom is -0.367 e. The summed E-state index contributed by atoms with van der Waals surface area (Å²) in [6, 6.07) is 16.9. The van der Waals surface area contributed by atoms with Crippen LogP contribution in [0.3, 0.4) is 0 Å². The molecule has 27 heavy (non-hydrogen) atoms. The smallest absolute Gasteiger partial charge is 0.266 e. The standard InChI is InChI=1S/C19H18N4O4/c20-16(25)19(21,17(26)22-14-9-5-2-6-10-14)18(27)23-15(24)12-11-13-7-3-1-4-8-13/h1-12H,21H2,(H2,20,25)(H,22,26)(H,23,24,27). The summed E-state index contributed by atoms with van der Waals surface area (Å²) in [4.78, 5) is 48.3. The summed E-state index contributed by atoms with van der Waals surface area (Å²) in [5.41, 5.74) is 9.08. The third kappa shape index (κ3) is 4.86. The van der Waals surface area contributed by atoms with Gasteiger partial charge in [-0.15, -0.1) is 0 Å². The van der Waals surface area contributed by atoms with Gasteiger partial charge in [0.15, 0.2) is 0 Å². The predicted molar refractivity (Wildman–Crippen MR) is 99.8 cm³/mol. The second kappa shape index (κ2) is 8.54. The summed E-state index contributed by atoms with van der Waals surface area (Å²) >= 11 is 0. The lowest BCUT2D eigenvalue weighted by atomic mass is 9.97. The number of nitrogens with one attached hydrogen (secondary N) is 2. The third-order valence-corrected chi connectivity index (χ3v) is 3.60. The third-order valence-electron chi connectivity index (χ3n) is 3.60. The Labute approximate surface area is 155 Å². The van der Waals surface area contributed by atoms with Crippen LogP contribution in [-0.2, 0) is 19.2 Å². The molecule has 0 radical (unpaired) electrons. The maximum atomic E-state index is 12.4. The zero-order chi connectivity index (χ0) is 19.9. The molecule has 0 heterocycles. The van der Waals surface area contributed by atoms with Crippen LogP contribution in [0.15, 0.2) is 66.7 Å². The number of anilines is 1. The van der Waals surface area contributed by atoms with Crippen molar-refractivity contribution in [2.45, 2.75) is 5.54 Å². The van der Waals surface area contributed by atoms with Gasteiger partial charge in [0, 0.05) is 11.8 Å². The fourth-order valence-electron chi connectivity index (χ4n) is 2.07. The molecule has 8 heteroatoms. The summed E-state index contributed by atoms with van der Waals surface area (Å²) < 4.78 is 0. The van der Waals surface area contributed by atoms with Gasteiger partial charge in [0.25, 0.3) is 29.2 Å². The van der Waals surface area contributed by atoms with Crippen LogP contribution in [-0.4, -0.2) is 29.2 Å². The Morgan fingerprint density at radius 1 is 0.852 bits per heavy atom. The summed E-state index contributed by atoms with van der Waals surface area (Å²) in [7, 11) is 0. The van der Waals surface area contributed by atoms with E-state index in [0.717, 1.165) is 11.6 Å². The molecule has 8 nitrogen and oxygen atoms in total. The second-order valence-electron chi connectivity index (χ2n) is 5.55. The molecule has 6 N–H and O–H groups in total. The topological polar surface area (TPSA) is 144 Å². The monoisotopic (exact) mass is 366 g/mol. The second-order valence-corrected chi connectivity index (χ2v) is 5.55. The molecule has 0 aliphatic rings. The highest BCUT2D eigenvalue weighted by molar-refractivity contribution is 6.32. The number of benzene rings is 2. The van der Waals surface area contributed by atoms with Gasteiger partial charge in [0.1, 0.15) is 0 Å². The average Bonchev–Trinajstić information content (AvgIpc) is 2.67. The summed E-state index contributed by atoms with van der Waals surface area (Å²) in [6.45, 7) is 0. The highest BCUT2D eigenvalue weighted by Crippen LogP contribution is 2.10. The number of carbonyl (C=O) groups excluding carboxylic acids is 4. The molecule has 2 rings (SSSR count). The number of imide groups is 1. The van der Waals surface area contributed by atoms with E-state index in [1.54, 1.807) is 42.5 Å². The molecule has 0 fully saturated rings. The number of nitrogens with two attached hydrogens (primary N) is 2. The molecule has 0 aliphatic heterocycles. The summed E-state index contributed by atoms with van der Waals surface area (Å²) in [5.74, 6) is -4.73. The molecule has 1 atom stereocenters. The van der Waals surface area contributed by atoms with Gasteiger partial charge in [-0.1, -0.05) is 48.5 Å². The number of carbonyl (C=O) groups is 4. The molecule has 4 amide bonds. The molecule has 0 saturated carbocycles. The predicted octanol–water partition coefficient (Wildman–Crippen LogP) is 0.164. The first-order valence-electron chi connectivity index (χ1n) is 7.88. The lowest BCUT2D eigenvalue weighted by Gasteiger charge is -2.23. The maximum absolute atomic E-state index is 12.4. The van der Waals surface area contributed by atoms with Gasteiger partial charge in [-0.2, -0.15) is 0 Å². The maximum Gasteiger partial charge on any atom is 0.266 e. The van der Waals surface area contributed by atoms with Crippen LogP contribution in [0.4, 0.5) is 5.69 Å². The molecular formula is C19H18N4O4. The van der Waals surface area contributed by atoms with Gasteiger partial charge >= 0.3 is 0 Å². The zero-order valence-electron chi connectivity index (χ0n) is 14.2. The Morgan fingerprint density at radius 3 is 1.96 bits per heavy atom. The fourth-order valence-corrected chi connectivity index (χ4v) is 2.07. The first-order valence-corrected chi connectivity index (χ1v) is 7.88. The van der Waals surface area contributed by atoms with Crippen molar-refractivity contribution in [1.29, 1.82) is 0 Å². The van der Waals surface area contributed by atoms with E-state index < -0.39 is 29.2 Å². The largest absolute Gasteiger partial charge is 0.367 e. The Kier molecular flexibility index (Phi) is 6.18. The van der Waals surface area contributed by atoms with Crippen molar-refractivity contribution >= 4 is 35.4 Å². The minimum atomic E-state index is -2.76. The van der Waals surface area contributed by atoms with Gasteiger partial charge < -0.3 is 16.8 Å². The Morgan fingerprint density at radius 2 is 1.41 bits per heavy atom. The normalized spacial score (nSPS) is 12.8. The molecule has 0 aliphatic carbocycles. The number of para-hydroxylation sites is 1. The van der Waals surface area contributed by atoms with Crippen LogP contribution in [0.2, 0.25) is 0 Å². The van der Waals surface area contributed by atoms with Crippen molar-refractivity contribution in [2.75, 3.05) is 5.32 Å². The highest BCUT2D eigenvalue weighted by atomic mass is 16.2. The van der Waals surface area contributed by atoms with Crippen LogP contribution in [0, 0.1) is 0 Å². The molecule has 0 bridgehead atoms. The number of hydrogen-bond donors (Lipinski definition) is 4. The van der Waals surface area contributed by atoms with E-state index in [9.17, 15) is 19.2 Å². The van der Waals surface area contributed by atoms with Crippen molar-refractivity contribution in [3.63, 3.8) is 0 Å². The van der Waals surface area contributed by atoms with E-state index in [1.165, 1.54) is 18.2 Å². The van der Waals surface area contributed by atoms with Gasteiger partial charge in [-0.3, -0.25) is 24.5 Å². The Balaban J connectivity index is 2.11. The SMILES string of the molecule is NC(=O)C(N)(C(=O)NC(=O)C=Cc1ccccc1)C(=O)Nc1ccccc1. The van der Waals surface area contributed by atoms with E-state index in [0.29, 0.717) is 5.69 Å². The first-order chi connectivity index (χ1) is 12.8. The van der Waals surface area contributed by atoms with Crippen LogP contribution in [0.5, 0.6) is 0 Å². The molecule has 0 spiro atoms. The van der Waals surface area contributed by atoms with Crippen LogP contribution in [0.25, 0.3) is 6.08 Å². The molecule has 138 valence electrons. The molecule has 0 saturated heterocycles. The van der Waals surface area contributed by atoms with Gasteiger partial charge in [0.05, 0.1) is 0 Å². The van der Waals surface area contributed by atoms with E-state index >= 15 is 0 Å². The lowest BCUT2D eigenvalue weighted by molar-refractivity contribution is -0.142. The van der Waals surface area contributed by atoms with Crippen molar-refractivity contribution in [2.24, 2.45) is 11.5 Å².